The molecule has 368 valence electrons. The number of hydrogen-bond donors (Lipinski definition) is 4. The van der Waals surface area contributed by atoms with Gasteiger partial charge in [-0.15, -0.1) is 0 Å². The summed E-state index contributed by atoms with van der Waals surface area (Å²) in [5.41, 5.74) is 6.60. The molecule has 17 nitrogen and oxygen atoms in total. The van der Waals surface area contributed by atoms with Crippen LogP contribution in [0.1, 0.15) is 63.9 Å². The molecule has 0 saturated carbocycles. The Hall–Kier alpha value is -5.94. The zero-order valence-electron chi connectivity index (χ0n) is 37.4. The molecule has 22 heteroatoms. The first-order valence-corrected chi connectivity index (χ1v) is 21.2. The van der Waals surface area contributed by atoms with Crippen molar-refractivity contribution in [2.45, 2.75) is 71.3 Å². The van der Waals surface area contributed by atoms with Crippen LogP contribution in [-0.4, -0.2) is 143 Å². The summed E-state index contributed by atoms with van der Waals surface area (Å²) in [7, 11) is 0. The van der Waals surface area contributed by atoms with Crippen LogP contribution in [0.25, 0.3) is 11.3 Å². The van der Waals surface area contributed by atoms with Gasteiger partial charge in [0.15, 0.2) is 0 Å². The highest BCUT2D eigenvalue weighted by Gasteiger charge is 2.39. The fraction of sp³-hybridized carbons (Fsp3) is 0.489. The second-order valence-corrected chi connectivity index (χ2v) is 16.1. The highest BCUT2D eigenvalue weighted by molar-refractivity contribution is 6.12. The summed E-state index contributed by atoms with van der Waals surface area (Å²) in [5, 5.41) is 19.9. The largest absolute Gasteiger partial charge is 0.490 e. The third-order valence-electron chi connectivity index (χ3n) is 9.86. The van der Waals surface area contributed by atoms with Crippen molar-refractivity contribution >= 4 is 35.4 Å². The summed E-state index contributed by atoms with van der Waals surface area (Å²) >= 11 is 0. The summed E-state index contributed by atoms with van der Waals surface area (Å²) in [5.74, 6) is -5.52. The van der Waals surface area contributed by atoms with Gasteiger partial charge in [0.1, 0.15) is 29.8 Å². The van der Waals surface area contributed by atoms with Crippen LogP contribution in [0.5, 0.6) is 0 Å². The van der Waals surface area contributed by atoms with E-state index in [1.807, 2.05) is 51.1 Å². The van der Waals surface area contributed by atoms with Gasteiger partial charge in [-0.1, -0.05) is 51.1 Å². The van der Waals surface area contributed by atoms with Crippen LogP contribution in [0.2, 0.25) is 0 Å². The first-order chi connectivity index (χ1) is 31.6. The van der Waals surface area contributed by atoms with Crippen molar-refractivity contribution in [3.63, 3.8) is 0 Å². The summed E-state index contributed by atoms with van der Waals surface area (Å²) in [4.78, 5) is 77.9. The molecule has 0 radical (unpaired) electrons. The zero-order valence-corrected chi connectivity index (χ0v) is 37.4. The average Bonchev–Trinajstić information content (AvgIpc) is 3.83. The number of carbonyl (C=O) groups excluding carboxylic acids is 5. The van der Waals surface area contributed by atoms with E-state index in [0.29, 0.717) is 32.0 Å². The Balaban J connectivity index is 0.00000157. The number of ether oxygens (including phenoxy) is 3. The molecule has 2 atom stereocenters. The van der Waals surface area contributed by atoms with Crippen molar-refractivity contribution in [3.05, 3.63) is 89.9 Å². The number of imide groups is 1. The number of rotatable bonds is 26. The second kappa shape index (κ2) is 27.0. The lowest BCUT2D eigenvalue weighted by molar-refractivity contribution is -0.192. The predicted molar refractivity (Wildman–Crippen MR) is 231 cm³/mol. The molecule has 2 aromatic carbocycles. The molecule has 0 fully saturated rings. The van der Waals surface area contributed by atoms with Gasteiger partial charge in [-0.05, 0) is 42.0 Å². The van der Waals surface area contributed by atoms with E-state index in [1.54, 1.807) is 10.8 Å². The number of amides is 4. The number of nitrogens with two attached hydrogens (primary N) is 1. The SMILES string of the molecule is CC(C)(C)[C@H](c1nc(-c2cc(F)ccc2F)cn1Cc1ccccc1)N(CC[C@H](N)C(=O)NCCCC(=O)CCOCCOCCOCCN1C(=O)C=CC1=O)C(=O)CO.O=C(O)C(F)(F)F. The highest BCUT2D eigenvalue weighted by atomic mass is 19.4. The molecule has 2 heterocycles. The monoisotopic (exact) mass is 952 g/mol. The maximum atomic E-state index is 15.0. The molecule has 3 aromatic rings. The number of hydrogen-bond acceptors (Lipinski definition) is 12. The third kappa shape index (κ3) is 18.7. The Bertz CT molecular complexity index is 2130. The molecule has 1 aromatic heterocycles. The van der Waals surface area contributed by atoms with Crippen LogP contribution >= 0.6 is 0 Å². The normalized spacial score (nSPS) is 13.6. The van der Waals surface area contributed by atoms with E-state index in [9.17, 15) is 46.6 Å². The van der Waals surface area contributed by atoms with E-state index in [4.69, 9.17) is 34.8 Å². The summed E-state index contributed by atoms with van der Waals surface area (Å²) < 4.78 is 79.1. The fourth-order valence-electron chi connectivity index (χ4n) is 6.56. The summed E-state index contributed by atoms with van der Waals surface area (Å²) in [6.45, 7) is 7.11. The summed E-state index contributed by atoms with van der Waals surface area (Å²) in [6, 6.07) is 10.7. The molecule has 4 amide bonds. The van der Waals surface area contributed by atoms with Crippen LogP contribution in [-0.2, 0) is 49.5 Å². The maximum Gasteiger partial charge on any atom is 0.490 e. The number of nitrogens with zero attached hydrogens (tertiary/aromatic N) is 4. The number of carbonyl (C=O) groups is 6. The lowest BCUT2D eigenvalue weighted by Gasteiger charge is -2.40. The van der Waals surface area contributed by atoms with Crippen LogP contribution in [0.4, 0.5) is 22.0 Å². The number of halogens is 5. The number of imidazole rings is 1. The molecule has 0 spiro atoms. The smallest absolute Gasteiger partial charge is 0.475 e. The van der Waals surface area contributed by atoms with Gasteiger partial charge >= 0.3 is 12.1 Å². The maximum absolute atomic E-state index is 15.0. The topological polar surface area (TPSA) is 233 Å². The lowest BCUT2D eigenvalue weighted by atomic mass is 9.84. The van der Waals surface area contributed by atoms with Gasteiger partial charge < -0.3 is 44.9 Å². The Morgan fingerprint density at radius 3 is 2.06 bits per heavy atom. The molecule has 67 heavy (non-hydrogen) atoms. The van der Waals surface area contributed by atoms with Gasteiger partial charge in [0.05, 0.1) is 64.0 Å². The molecule has 5 N–H and O–H groups in total. The second-order valence-electron chi connectivity index (χ2n) is 16.1. The Morgan fingerprint density at radius 1 is 0.881 bits per heavy atom. The van der Waals surface area contributed by atoms with E-state index in [2.05, 4.69) is 5.32 Å². The van der Waals surface area contributed by atoms with Gasteiger partial charge in [-0.25, -0.2) is 18.6 Å². The summed E-state index contributed by atoms with van der Waals surface area (Å²) in [6.07, 6.45) is -0.191. The van der Waals surface area contributed by atoms with E-state index in [1.165, 1.54) is 17.1 Å². The third-order valence-corrected chi connectivity index (χ3v) is 9.86. The number of aliphatic hydroxyl groups excluding tert-OH is 1. The van der Waals surface area contributed by atoms with Gasteiger partial charge in [0.25, 0.3) is 11.8 Å². The minimum atomic E-state index is -5.08. The van der Waals surface area contributed by atoms with Crippen LogP contribution in [0, 0.1) is 17.0 Å². The molecule has 1 aliphatic rings. The molecule has 0 saturated heterocycles. The van der Waals surface area contributed by atoms with Crippen molar-refractivity contribution in [1.82, 2.24) is 24.7 Å². The Morgan fingerprint density at radius 2 is 1.48 bits per heavy atom. The van der Waals surface area contributed by atoms with E-state index >= 15 is 4.39 Å². The Labute approximate surface area is 384 Å². The molecule has 1 aliphatic heterocycles. The number of aromatic nitrogens is 2. The fourth-order valence-corrected chi connectivity index (χ4v) is 6.56. The molecule has 0 aliphatic carbocycles. The van der Waals surface area contributed by atoms with Crippen LogP contribution in [0.3, 0.4) is 0 Å². The standard InChI is InChI=1S/C43H56F2N6O9.C2HF3O2/c1-43(2,3)40(41-48-36(33-26-31(44)11-12-34(33)45)28-49(41)27-30-8-5-4-6-9-30)51(39(56)29-52)18-15-35(46)42(57)47-17-7-10-32(53)16-20-58-22-24-60-25-23-59-21-19-50-37(54)13-14-38(50)55;3-2(4,5)1(6)7/h4-6,8-9,11-14,26,28,35,40,52H,7,10,15-25,27,29,46H2,1-3H3,(H,47,57);(H,6,7)/t35-,40-;/m0./s1. The van der Waals surface area contributed by atoms with E-state index in [0.717, 1.165) is 28.7 Å². The van der Waals surface area contributed by atoms with E-state index in [-0.39, 0.29) is 94.2 Å². The van der Waals surface area contributed by atoms with Gasteiger partial charge in [0.2, 0.25) is 11.8 Å². The Kier molecular flexibility index (Phi) is 22.3. The number of Topliss-reactive ketones (excluding diaryl/α,β-unsaturated/α-hetero) is 1. The first-order valence-electron chi connectivity index (χ1n) is 21.2. The van der Waals surface area contributed by atoms with Crippen molar-refractivity contribution in [2.24, 2.45) is 11.1 Å². The number of alkyl halides is 3. The van der Waals surface area contributed by atoms with Crippen LogP contribution in [0.15, 0.2) is 66.9 Å². The van der Waals surface area contributed by atoms with Crippen molar-refractivity contribution < 1.29 is 75.1 Å². The molecular weight excluding hydrogens is 896 g/mol. The number of aliphatic hydroxyl groups is 1. The van der Waals surface area contributed by atoms with Crippen molar-refractivity contribution in [2.75, 3.05) is 65.9 Å². The molecule has 0 bridgehead atoms. The van der Waals surface area contributed by atoms with Gasteiger partial charge in [-0.3, -0.25) is 28.9 Å². The van der Waals surface area contributed by atoms with E-state index < -0.39 is 59.7 Å². The van der Waals surface area contributed by atoms with Crippen molar-refractivity contribution in [3.8, 4) is 11.3 Å². The number of nitrogens with one attached hydrogen (secondary N) is 1. The number of aliphatic carboxylic acids is 1. The first kappa shape index (κ1) is 55.4. The van der Waals surface area contributed by atoms with Crippen LogP contribution < -0.4 is 11.1 Å². The minimum absolute atomic E-state index is 0.0294. The molecular formula is C45H57F5N6O11. The number of carboxylic acids is 1. The quantitative estimate of drug-likeness (QED) is 0.0508. The number of ketones is 1. The minimum Gasteiger partial charge on any atom is -0.475 e. The van der Waals surface area contributed by atoms with Crippen molar-refractivity contribution in [1.29, 1.82) is 0 Å². The lowest BCUT2D eigenvalue weighted by Crippen LogP contribution is -2.47. The molecule has 0 unspecified atom stereocenters. The van der Waals surface area contributed by atoms with Gasteiger partial charge in [-0.2, -0.15) is 13.2 Å². The zero-order chi connectivity index (χ0) is 49.7. The van der Waals surface area contributed by atoms with Gasteiger partial charge in [0, 0.05) is 56.4 Å². The highest BCUT2D eigenvalue weighted by Crippen LogP contribution is 2.39. The number of benzene rings is 2. The predicted octanol–water partition coefficient (Wildman–Crippen LogP) is 3.97. The molecule has 4 rings (SSSR count). The average molecular weight is 953 g/mol. The number of carboxylic acid groups (broad SMARTS) is 1.